The van der Waals surface area contributed by atoms with Gasteiger partial charge in [0.05, 0.1) is 7.11 Å². The van der Waals surface area contributed by atoms with Gasteiger partial charge in [-0.25, -0.2) is 4.79 Å². The minimum atomic E-state index is -0.331. The highest BCUT2D eigenvalue weighted by atomic mass is 16.5. The van der Waals surface area contributed by atoms with E-state index in [4.69, 9.17) is 9.47 Å². The van der Waals surface area contributed by atoms with Gasteiger partial charge in [-0.3, -0.25) is 0 Å². The third-order valence-corrected chi connectivity index (χ3v) is 2.97. The van der Waals surface area contributed by atoms with Crippen molar-refractivity contribution in [1.29, 1.82) is 0 Å². The molecule has 0 spiro atoms. The normalized spacial score (nSPS) is 11.9. The molecular formula is C19H24O3. The summed E-state index contributed by atoms with van der Waals surface area (Å²) < 4.78 is 10.8. The van der Waals surface area contributed by atoms with Gasteiger partial charge in [-0.2, -0.15) is 0 Å². The van der Waals surface area contributed by atoms with Gasteiger partial charge in [-0.05, 0) is 45.4 Å². The Morgan fingerprint density at radius 1 is 1.27 bits per heavy atom. The van der Waals surface area contributed by atoms with Crippen molar-refractivity contribution in [3.63, 3.8) is 0 Å². The monoisotopic (exact) mass is 300 g/mol. The first-order valence-electron chi connectivity index (χ1n) is 7.20. The number of allylic oxidation sites excluding steroid dienone is 3. The maximum Gasteiger partial charge on any atom is 0.331 e. The fourth-order valence-electron chi connectivity index (χ4n) is 1.88. The molecule has 0 aliphatic carbocycles. The van der Waals surface area contributed by atoms with Crippen molar-refractivity contribution >= 4 is 12.0 Å². The van der Waals surface area contributed by atoms with Gasteiger partial charge in [-0.15, -0.1) is 0 Å². The van der Waals surface area contributed by atoms with Crippen LogP contribution >= 0.6 is 0 Å². The first-order valence-corrected chi connectivity index (χ1v) is 7.20. The fourth-order valence-corrected chi connectivity index (χ4v) is 1.88. The van der Waals surface area contributed by atoms with Gasteiger partial charge in [0.15, 0.2) is 0 Å². The molecule has 0 unspecified atom stereocenters. The molecule has 0 amide bonds. The molecule has 0 aliphatic heterocycles. The van der Waals surface area contributed by atoms with Crippen LogP contribution in [-0.2, 0) is 9.53 Å². The van der Waals surface area contributed by atoms with Crippen LogP contribution in [0.3, 0.4) is 0 Å². The highest BCUT2D eigenvalue weighted by Gasteiger charge is 2.12. The summed E-state index contributed by atoms with van der Waals surface area (Å²) in [5.74, 6) is 0.437. The largest absolute Gasteiger partial charge is 0.496 e. The third kappa shape index (κ3) is 5.60. The summed E-state index contributed by atoms with van der Waals surface area (Å²) in [6.07, 6.45) is 5.02. The number of rotatable bonds is 6. The molecule has 22 heavy (non-hydrogen) atoms. The summed E-state index contributed by atoms with van der Waals surface area (Å²) in [5.41, 5.74) is 3.71. The Labute approximate surface area is 132 Å². The summed E-state index contributed by atoms with van der Waals surface area (Å²) in [6, 6.07) is 5.73. The van der Waals surface area contributed by atoms with E-state index in [9.17, 15) is 4.79 Å². The lowest BCUT2D eigenvalue weighted by molar-refractivity contribution is -0.142. The first-order chi connectivity index (χ1) is 10.3. The van der Waals surface area contributed by atoms with Gasteiger partial charge in [-0.1, -0.05) is 35.9 Å². The summed E-state index contributed by atoms with van der Waals surface area (Å²) in [5, 5.41) is 0. The molecule has 0 heterocycles. The van der Waals surface area contributed by atoms with Crippen molar-refractivity contribution in [3.05, 3.63) is 59.2 Å². The maximum atomic E-state index is 11.7. The second kappa shape index (κ2) is 8.23. The van der Waals surface area contributed by atoms with Gasteiger partial charge >= 0.3 is 5.97 Å². The van der Waals surface area contributed by atoms with E-state index in [-0.39, 0.29) is 12.1 Å². The number of esters is 1. The van der Waals surface area contributed by atoms with Crippen LogP contribution in [-0.4, -0.2) is 13.1 Å². The van der Waals surface area contributed by atoms with Crippen molar-refractivity contribution in [2.24, 2.45) is 0 Å². The Balaban J connectivity index is 3.00. The molecule has 3 nitrogen and oxygen atoms in total. The molecule has 0 aromatic heterocycles. The molecule has 1 aromatic carbocycles. The highest BCUT2D eigenvalue weighted by Crippen LogP contribution is 2.26. The number of hydrogen-bond acceptors (Lipinski definition) is 3. The summed E-state index contributed by atoms with van der Waals surface area (Å²) in [4.78, 5) is 11.7. The van der Waals surface area contributed by atoms with Crippen molar-refractivity contribution < 1.29 is 14.3 Å². The number of benzene rings is 1. The summed E-state index contributed by atoms with van der Waals surface area (Å²) >= 11 is 0. The topological polar surface area (TPSA) is 35.5 Å². The predicted octanol–water partition coefficient (Wildman–Crippen LogP) is 4.85. The lowest BCUT2D eigenvalue weighted by Gasteiger charge is -2.14. The fraction of sp³-hybridized carbons (Fsp3) is 0.316. The molecule has 0 saturated heterocycles. The minimum Gasteiger partial charge on any atom is -0.496 e. The highest BCUT2D eigenvalue weighted by molar-refractivity contribution is 5.82. The zero-order chi connectivity index (χ0) is 16.7. The van der Waals surface area contributed by atoms with Crippen LogP contribution in [0.15, 0.2) is 48.1 Å². The maximum absolute atomic E-state index is 11.7. The second-order valence-corrected chi connectivity index (χ2v) is 5.48. The average Bonchev–Trinajstić information content (AvgIpc) is 2.43. The van der Waals surface area contributed by atoms with Crippen LogP contribution in [0.5, 0.6) is 5.75 Å². The number of carbonyl (C=O) groups is 1. The molecule has 118 valence electrons. The van der Waals surface area contributed by atoms with Gasteiger partial charge in [0.1, 0.15) is 11.9 Å². The zero-order valence-electron chi connectivity index (χ0n) is 14.0. The molecular weight excluding hydrogens is 276 g/mol. The van der Waals surface area contributed by atoms with E-state index >= 15 is 0 Å². The molecule has 0 saturated carbocycles. The minimum absolute atomic E-state index is 0.328. The van der Waals surface area contributed by atoms with E-state index in [1.54, 1.807) is 7.11 Å². The standard InChI is InChI=1S/C19H24O3/c1-13(2)7-8-17-12-16(9-10-18(17)21-6)15(5)22-19(20)11-14(3)4/h7-12,15H,1H2,2-6H3/t15-/m0/s1. The van der Waals surface area contributed by atoms with E-state index in [0.717, 1.165) is 28.0 Å². The third-order valence-electron chi connectivity index (χ3n) is 2.97. The number of ether oxygens (including phenoxy) is 2. The van der Waals surface area contributed by atoms with Crippen LogP contribution in [0, 0.1) is 0 Å². The van der Waals surface area contributed by atoms with Crippen LogP contribution in [0.1, 0.15) is 44.9 Å². The molecule has 0 N–H and O–H groups in total. The van der Waals surface area contributed by atoms with Gasteiger partial charge in [0, 0.05) is 11.6 Å². The summed E-state index contributed by atoms with van der Waals surface area (Å²) in [7, 11) is 1.63. The number of hydrogen-bond donors (Lipinski definition) is 0. The van der Waals surface area contributed by atoms with E-state index in [1.165, 1.54) is 6.08 Å². The Kier molecular flexibility index (Phi) is 6.64. The zero-order valence-corrected chi connectivity index (χ0v) is 14.0. The quantitative estimate of drug-likeness (QED) is 0.428. The van der Waals surface area contributed by atoms with Gasteiger partial charge in [0.25, 0.3) is 0 Å². The molecule has 1 aromatic rings. The van der Waals surface area contributed by atoms with Crippen molar-refractivity contribution in [2.75, 3.05) is 7.11 Å². The first kappa shape index (κ1) is 17.8. The number of carbonyl (C=O) groups excluding carboxylic acids is 1. The lowest BCUT2D eigenvalue weighted by atomic mass is 10.0. The van der Waals surface area contributed by atoms with E-state index in [2.05, 4.69) is 6.58 Å². The van der Waals surface area contributed by atoms with E-state index in [0.29, 0.717) is 0 Å². The molecule has 0 aliphatic rings. The number of methoxy groups -OCH3 is 1. The van der Waals surface area contributed by atoms with Crippen LogP contribution in [0.25, 0.3) is 6.08 Å². The average molecular weight is 300 g/mol. The van der Waals surface area contributed by atoms with Gasteiger partial charge in [0.2, 0.25) is 0 Å². The van der Waals surface area contributed by atoms with Crippen molar-refractivity contribution in [1.82, 2.24) is 0 Å². The molecule has 0 bridgehead atoms. The lowest BCUT2D eigenvalue weighted by Crippen LogP contribution is -2.07. The molecule has 0 radical (unpaired) electrons. The molecule has 0 fully saturated rings. The predicted molar refractivity (Wildman–Crippen MR) is 90.8 cm³/mol. The van der Waals surface area contributed by atoms with Crippen molar-refractivity contribution in [2.45, 2.75) is 33.8 Å². The van der Waals surface area contributed by atoms with E-state index in [1.807, 2.05) is 58.0 Å². The Morgan fingerprint density at radius 2 is 1.95 bits per heavy atom. The second-order valence-electron chi connectivity index (χ2n) is 5.48. The molecule has 3 heteroatoms. The van der Waals surface area contributed by atoms with Crippen LogP contribution in [0.2, 0.25) is 0 Å². The van der Waals surface area contributed by atoms with Crippen molar-refractivity contribution in [3.8, 4) is 5.75 Å². The molecule has 1 rings (SSSR count). The van der Waals surface area contributed by atoms with E-state index < -0.39 is 0 Å². The summed E-state index contributed by atoms with van der Waals surface area (Å²) in [6.45, 7) is 11.3. The van der Waals surface area contributed by atoms with Crippen LogP contribution < -0.4 is 4.74 Å². The van der Waals surface area contributed by atoms with Crippen LogP contribution in [0.4, 0.5) is 0 Å². The SMILES string of the molecule is C=C(C)C=Cc1cc([C@H](C)OC(=O)C=C(C)C)ccc1OC. The molecule has 1 atom stereocenters. The smallest absolute Gasteiger partial charge is 0.331 e. The Bertz CT molecular complexity index is 605. The van der Waals surface area contributed by atoms with Gasteiger partial charge < -0.3 is 9.47 Å². The Morgan fingerprint density at radius 3 is 2.50 bits per heavy atom. The Hall–Kier alpha value is -2.29.